The van der Waals surface area contributed by atoms with Crippen molar-refractivity contribution in [3.8, 4) is 0 Å². The van der Waals surface area contributed by atoms with E-state index in [1.165, 1.54) is 0 Å². The number of amides is 1. The molecule has 1 aliphatic heterocycles. The predicted molar refractivity (Wildman–Crippen MR) is 115 cm³/mol. The molecule has 2 saturated carbocycles. The van der Waals surface area contributed by atoms with Crippen LogP contribution in [-0.2, 0) is 4.79 Å². The van der Waals surface area contributed by atoms with Crippen LogP contribution in [0.15, 0.2) is 4.99 Å². The summed E-state index contributed by atoms with van der Waals surface area (Å²) in [5.41, 5.74) is 6.65. The molecule has 2 unspecified atom stereocenters. The Morgan fingerprint density at radius 1 is 1.10 bits per heavy atom. The van der Waals surface area contributed by atoms with Gasteiger partial charge in [0.2, 0.25) is 5.91 Å². The minimum absolute atomic E-state index is 0.00658. The molecule has 2 aliphatic carbocycles. The molecule has 0 aromatic rings. The summed E-state index contributed by atoms with van der Waals surface area (Å²) in [6.45, 7) is 4.87. The summed E-state index contributed by atoms with van der Waals surface area (Å²) in [4.78, 5) is 17.3. The molecule has 0 radical (unpaired) electrons. The number of guanidine groups is 1. The van der Waals surface area contributed by atoms with Gasteiger partial charge in [0, 0.05) is 23.9 Å². The van der Waals surface area contributed by atoms with Gasteiger partial charge in [-0.25, -0.2) is 9.82 Å². The first-order chi connectivity index (χ1) is 13.9. The molecule has 3 fully saturated rings. The fraction of sp³-hybridized carbons (Fsp3) is 0.905. The van der Waals surface area contributed by atoms with Crippen LogP contribution >= 0.6 is 11.6 Å². The van der Waals surface area contributed by atoms with Gasteiger partial charge in [0.15, 0.2) is 5.96 Å². The first kappa shape index (κ1) is 22.8. The van der Waals surface area contributed by atoms with Gasteiger partial charge in [-0.1, -0.05) is 13.8 Å². The highest BCUT2D eigenvalue weighted by Gasteiger charge is 2.34. The van der Waals surface area contributed by atoms with Crippen molar-refractivity contribution in [3.63, 3.8) is 0 Å². The third-order valence-corrected chi connectivity index (χ3v) is 6.83. The predicted octanol–water partition coefficient (Wildman–Crippen LogP) is 3.22. The Kier molecular flexibility index (Phi) is 8.57. The number of hydrazine groups is 1. The lowest BCUT2D eigenvalue weighted by atomic mass is 9.82. The first-order valence-electron chi connectivity index (χ1n) is 11.3. The van der Waals surface area contributed by atoms with Crippen molar-refractivity contribution in [2.45, 2.75) is 95.4 Å². The van der Waals surface area contributed by atoms with Crippen molar-refractivity contribution >= 4 is 23.5 Å². The number of hydrogen-bond acceptors (Lipinski definition) is 4. The van der Waals surface area contributed by atoms with Gasteiger partial charge in [-0.15, -0.1) is 11.6 Å². The van der Waals surface area contributed by atoms with Gasteiger partial charge in [0.05, 0.1) is 6.17 Å². The third-order valence-electron chi connectivity index (χ3n) is 6.40. The Bertz CT molecular complexity index is 559. The van der Waals surface area contributed by atoms with Gasteiger partial charge in [-0.05, 0) is 69.6 Å². The number of alkyl halides is 2. The van der Waals surface area contributed by atoms with Gasteiger partial charge in [0.1, 0.15) is 6.17 Å². The molecular formula is C21H37ClFN5O. The van der Waals surface area contributed by atoms with Crippen LogP contribution in [0.1, 0.15) is 71.6 Å². The first-order valence-corrected chi connectivity index (χ1v) is 11.8. The number of carbonyl (C=O) groups is 1. The molecule has 2 atom stereocenters. The zero-order valence-corrected chi connectivity index (χ0v) is 18.5. The van der Waals surface area contributed by atoms with Crippen LogP contribution < -0.4 is 21.5 Å². The van der Waals surface area contributed by atoms with Crippen molar-refractivity contribution < 1.29 is 9.18 Å². The Morgan fingerprint density at radius 2 is 1.79 bits per heavy atom. The summed E-state index contributed by atoms with van der Waals surface area (Å²) in [5.74, 6) is 1.50. The molecule has 1 amide bonds. The monoisotopic (exact) mass is 429 g/mol. The van der Waals surface area contributed by atoms with E-state index in [0.29, 0.717) is 43.2 Å². The minimum atomic E-state index is -0.631. The number of carbonyl (C=O) groups excluding carboxylic acids is 1. The van der Waals surface area contributed by atoms with E-state index < -0.39 is 6.17 Å². The number of rotatable bonds is 5. The fourth-order valence-electron chi connectivity index (χ4n) is 4.56. The zero-order chi connectivity index (χ0) is 20.8. The largest absolute Gasteiger partial charge is 0.339 e. The Hall–Kier alpha value is -0.920. The zero-order valence-electron chi connectivity index (χ0n) is 17.7. The second kappa shape index (κ2) is 10.9. The van der Waals surface area contributed by atoms with Gasteiger partial charge in [0.25, 0.3) is 0 Å². The number of aliphatic imine (C=N–C) groups is 1. The lowest BCUT2D eigenvalue weighted by molar-refractivity contribution is -0.124. The smallest absolute Gasteiger partial charge is 0.229 e. The molecule has 3 aliphatic rings. The highest BCUT2D eigenvalue weighted by Crippen LogP contribution is 2.31. The topological polar surface area (TPSA) is 77.5 Å². The molecule has 166 valence electrons. The molecule has 4 N–H and O–H groups in total. The van der Waals surface area contributed by atoms with E-state index in [1.807, 2.05) is 0 Å². The number of nitrogens with zero attached hydrogens (tertiary/aromatic N) is 1. The maximum Gasteiger partial charge on any atom is 0.229 e. The maximum absolute atomic E-state index is 13.4. The summed E-state index contributed by atoms with van der Waals surface area (Å²) in [7, 11) is 0. The SMILES string of the molecule is CC(C)CN=C(NC(=O)C1CCC(Cl)CC1)NC1CC(C2CCC(F)CC2)NN1. The molecule has 1 heterocycles. The van der Waals surface area contributed by atoms with Gasteiger partial charge in [-0.3, -0.25) is 20.5 Å². The molecule has 0 spiro atoms. The highest BCUT2D eigenvalue weighted by atomic mass is 35.5. The maximum atomic E-state index is 13.4. The molecule has 0 aromatic heterocycles. The number of nitrogens with one attached hydrogen (secondary N) is 4. The summed E-state index contributed by atoms with van der Waals surface area (Å²) in [5, 5.41) is 6.59. The van der Waals surface area contributed by atoms with E-state index in [9.17, 15) is 9.18 Å². The van der Waals surface area contributed by atoms with Crippen molar-refractivity contribution in [2.24, 2.45) is 22.7 Å². The van der Waals surface area contributed by atoms with Crippen LogP contribution in [0.4, 0.5) is 4.39 Å². The number of halogens is 2. The lowest BCUT2D eigenvalue weighted by Crippen LogP contribution is -2.52. The second-order valence-corrected chi connectivity index (χ2v) is 9.98. The molecule has 1 saturated heterocycles. The standard InChI is InChI=1S/C21H37ClFN5O/c1-13(2)12-24-21(26-20(29)15-3-7-16(22)8-4-15)25-19-11-18(27-28-19)14-5-9-17(23)10-6-14/h13-19,27-28H,3-12H2,1-2H3,(H2,24,25,26,29). The normalized spacial score (nSPS) is 36.2. The Balaban J connectivity index is 1.52. The Labute approximate surface area is 179 Å². The van der Waals surface area contributed by atoms with E-state index in [1.54, 1.807) is 0 Å². The van der Waals surface area contributed by atoms with Gasteiger partial charge < -0.3 is 5.32 Å². The summed E-state index contributed by atoms with van der Waals surface area (Å²) < 4.78 is 13.4. The molecule has 0 bridgehead atoms. The average Bonchev–Trinajstić information content (AvgIpc) is 3.15. The van der Waals surface area contributed by atoms with Crippen molar-refractivity contribution in [1.29, 1.82) is 0 Å². The van der Waals surface area contributed by atoms with Crippen LogP contribution in [0.5, 0.6) is 0 Å². The average molecular weight is 430 g/mol. The third kappa shape index (κ3) is 7.07. The van der Waals surface area contributed by atoms with Crippen LogP contribution in [0.2, 0.25) is 0 Å². The van der Waals surface area contributed by atoms with Crippen molar-refractivity contribution in [3.05, 3.63) is 0 Å². The van der Waals surface area contributed by atoms with Gasteiger partial charge >= 0.3 is 0 Å². The van der Waals surface area contributed by atoms with Crippen molar-refractivity contribution in [1.82, 2.24) is 21.5 Å². The van der Waals surface area contributed by atoms with Crippen LogP contribution in [0, 0.1) is 17.8 Å². The molecular weight excluding hydrogens is 393 g/mol. The van der Waals surface area contributed by atoms with Crippen LogP contribution in [0.3, 0.4) is 0 Å². The van der Waals surface area contributed by atoms with Crippen LogP contribution in [-0.4, -0.2) is 42.2 Å². The van der Waals surface area contributed by atoms with E-state index in [0.717, 1.165) is 44.9 Å². The van der Waals surface area contributed by atoms with E-state index in [2.05, 4.69) is 40.3 Å². The highest BCUT2D eigenvalue weighted by molar-refractivity contribution is 6.20. The quantitative estimate of drug-likeness (QED) is 0.307. The molecule has 6 nitrogen and oxygen atoms in total. The van der Waals surface area contributed by atoms with Crippen LogP contribution in [0.25, 0.3) is 0 Å². The fourth-order valence-corrected chi connectivity index (χ4v) is 4.81. The lowest BCUT2D eigenvalue weighted by Gasteiger charge is -2.28. The molecule has 29 heavy (non-hydrogen) atoms. The summed E-state index contributed by atoms with van der Waals surface area (Å²) in [6.07, 6.45) is 6.90. The van der Waals surface area contributed by atoms with Gasteiger partial charge in [-0.2, -0.15) is 0 Å². The molecule has 3 rings (SSSR count). The molecule has 8 heteroatoms. The number of hydrogen-bond donors (Lipinski definition) is 4. The summed E-state index contributed by atoms with van der Waals surface area (Å²) in [6, 6.07) is 0.320. The Morgan fingerprint density at radius 3 is 2.45 bits per heavy atom. The van der Waals surface area contributed by atoms with Crippen molar-refractivity contribution in [2.75, 3.05) is 6.54 Å². The minimum Gasteiger partial charge on any atom is -0.339 e. The van der Waals surface area contributed by atoms with E-state index >= 15 is 0 Å². The molecule has 0 aromatic carbocycles. The second-order valence-electron chi connectivity index (χ2n) is 9.36. The van der Waals surface area contributed by atoms with E-state index in [-0.39, 0.29) is 23.4 Å². The summed E-state index contributed by atoms with van der Waals surface area (Å²) >= 11 is 6.17. The van der Waals surface area contributed by atoms with E-state index in [4.69, 9.17) is 11.6 Å².